The number of nitrogens with two attached hydrogens (primary N) is 1. The summed E-state index contributed by atoms with van der Waals surface area (Å²) >= 11 is 0. The first-order chi connectivity index (χ1) is 9.20. The Balaban J connectivity index is 3.02. The highest BCUT2D eigenvalue weighted by Crippen LogP contribution is 2.14. The summed E-state index contributed by atoms with van der Waals surface area (Å²) in [4.78, 5) is -0.188. The van der Waals surface area contributed by atoms with E-state index < -0.39 is 20.0 Å². The molecule has 110 valence electrons. The van der Waals surface area contributed by atoms with Gasteiger partial charge in [0.2, 0.25) is 20.0 Å². The third kappa shape index (κ3) is 4.31. The zero-order valence-corrected chi connectivity index (χ0v) is 12.5. The summed E-state index contributed by atoms with van der Waals surface area (Å²) in [5, 5.41) is 4.94. The average molecular weight is 316 g/mol. The van der Waals surface area contributed by atoms with E-state index >= 15 is 0 Å². The molecule has 0 aromatic heterocycles. The van der Waals surface area contributed by atoms with Gasteiger partial charge in [-0.05, 0) is 30.7 Å². The van der Waals surface area contributed by atoms with Crippen molar-refractivity contribution < 1.29 is 16.8 Å². The molecule has 0 aliphatic heterocycles. The number of hydrogen-bond donors (Lipinski definition) is 2. The van der Waals surface area contributed by atoms with Gasteiger partial charge in [-0.2, -0.15) is 0 Å². The fraction of sp³-hybridized carbons (Fsp3) is 0.333. The van der Waals surface area contributed by atoms with Gasteiger partial charge in [0, 0.05) is 12.5 Å². The van der Waals surface area contributed by atoms with Crippen LogP contribution in [0.1, 0.15) is 19.8 Å². The molecule has 0 aliphatic rings. The van der Waals surface area contributed by atoms with Gasteiger partial charge < -0.3 is 0 Å². The lowest BCUT2D eigenvalue weighted by Crippen LogP contribution is -2.34. The molecule has 1 aromatic rings. The van der Waals surface area contributed by atoms with Crippen molar-refractivity contribution >= 4 is 20.0 Å². The molecule has 0 radical (unpaired) electrons. The smallest absolute Gasteiger partial charge is 0.225 e. The number of terminal acetylenes is 1. The Morgan fingerprint density at radius 2 is 1.70 bits per heavy atom. The van der Waals surface area contributed by atoms with Crippen LogP contribution in [0.25, 0.3) is 0 Å². The van der Waals surface area contributed by atoms with Crippen molar-refractivity contribution in [2.24, 2.45) is 5.14 Å². The second-order valence-corrected chi connectivity index (χ2v) is 7.43. The van der Waals surface area contributed by atoms with Crippen molar-refractivity contribution in [1.29, 1.82) is 0 Å². The Labute approximate surface area is 119 Å². The summed E-state index contributed by atoms with van der Waals surface area (Å²) < 4.78 is 48.8. The molecule has 0 fully saturated rings. The molecule has 1 aromatic carbocycles. The second-order valence-electron chi connectivity index (χ2n) is 4.15. The van der Waals surface area contributed by atoms with E-state index in [4.69, 9.17) is 11.6 Å². The molecular formula is C12H16N2O4S2. The maximum atomic E-state index is 12.1. The summed E-state index contributed by atoms with van der Waals surface area (Å²) in [7, 11) is -7.58. The molecule has 0 heterocycles. The van der Waals surface area contributed by atoms with Crippen molar-refractivity contribution in [1.82, 2.24) is 4.72 Å². The number of primary sulfonamides is 1. The Kier molecular flexibility index (Phi) is 5.30. The van der Waals surface area contributed by atoms with Gasteiger partial charge in [-0.15, -0.1) is 12.3 Å². The minimum absolute atomic E-state index is 0.0413. The minimum atomic E-state index is -3.84. The third-order valence-corrected chi connectivity index (χ3v) is 5.11. The molecular weight excluding hydrogens is 300 g/mol. The molecule has 6 nitrogen and oxygen atoms in total. The molecule has 0 spiro atoms. The van der Waals surface area contributed by atoms with Gasteiger partial charge in [0.15, 0.2) is 0 Å². The van der Waals surface area contributed by atoms with Crippen molar-refractivity contribution in [2.45, 2.75) is 35.6 Å². The standard InChI is InChI=1S/C12H16N2O4S2/c1-3-5-10(4-2)14-20(17,18)12-8-6-11(7-9-12)19(13,15)16/h1,6-10,14H,4-5H2,2H3,(H2,13,15,16). The topological polar surface area (TPSA) is 106 Å². The van der Waals surface area contributed by atoms with E-state index in [1.807, 2.05) is 6.92 Å². The van der Waals surface area contributed by atoms with Gasteiger partial charge in [-0.1, -0.05) is 6.92 Å². The molecule has 0 amide bonds. The first-order valence-corrected chi connectivity index (χ1v) is 8.82. The summed E-state index contributed by atoms with van der Waals surface area (Å²) in [6.45, 7) is 1.81. The van der Waals surface area contributed by atoms with E-state index in [0.717, 1.165) is 12.1 Å². The normalized spacial score (nSPS) is 13.7. The first kappa shape index (κ1) is 16.7. The van der Waals surface area contributed by atoms with Crippen LogP contribution in [-0.2, 0) is 20.0 Å². The Bertz CT molecular complexity index is 701. The largest absolute Gasteiger partial charge is 0.240 e. The molecule has 0 saturated heterocycles. The molecule has 20 heavy (non-hydrogen) atoms. The Hall–Kier alpha value is -1.40. The van der Waals surface area contributed by atoms with Gasteiger partial charge in [0.25, 0.3) is 0 Å². The minimum Gasteiger partial charge on any atom is -0.225 e. The highest BCUT2D eigenvalue weighted by atomic mass is 32.2. The van der Waals surface area contributed by atoms with Crippen LogP contribution in [0.2, 0.25) is 0 Å². The lowest BCUT2D eigenvalue weighted by molar-refractivity contribution is 0.544. The van der Waals surface area contributed by atoms with E-state index in [2.05, 4.69) is 10.6 Å². The number of hydrogen-bond acceptors (Lipinski definition) is 4. The maximum absolute atomic E-state index is 12.1. The van der Waals surface area contributed by atoms with Crippen molar-refractivity contribution in [3.05, 3.63) is 24.3 Å². The summed E-state index contributed by atoms with van der Waals surface area (Å²) in [5.41, 5.74) is 0. The average Bonchev–Trinajstić information content (AvgIpc) is 2.37. The van der Waals surface area contributed by atoms with Crippen LogP contribution in [0.4, 0.5) is 0 Å². The third-order valence-electron chi connectivity index (χ3n) is 2.64. The quantitative estimate of drug-likeness (QED) is 0.741. The Morgan fingerprint density at radius 3 is 2.10 bits per heavy atom. The lowest BCUT2D eigenvalue weighted by atomic mass is 10.2. The van der Waals surface area contributed by atoms with Gasteiger partial charge in [-0.3, -0.25) is 0 Å². The molecule has 0 bridgehead atoms. The van der Waals surface area contributed by atoms with Crippen molar-refractivity contribution in [2.75, 3.05) is 0 Å². The van der Waals surface area contributed by atoms with Gasteiger partial charge in [-0.25, -0.2) is 26.7 Å². The van der Waals surface area contributed by atoms with Crippen LogP contribution in [0.5, 0.6) is 0 Å². The van der Waals surface area contributed by atoms with Crippen molar-refractivity contribution in [3.63, 3.8) is 0 Å². The predicted octanol–water partition coefficient (Wildman–Crippen LogP) is 0.414. The molecule has 0 aliphatic carbocycles. The SMILES string of the molecule is C#CCC(CC)NS(=O)(=O)c1ccc(S(N)(=O)=O)cc1. The van der Waals surface area contributed by atoms with E-state index in [1.54, 1.807) is 0 Å². The number of nitrogens with one attached hydrogen (secondary N) is 1. The molecule has 1 unspecified atom stereocenters. The van der Waals surface area contributed by atoms with Crippen molar-refractivity contribution in [3.8, 4) is 12.3 Å². The zero-order chi connectivity index (χ0) is 15.4. The summed E-state index contributed by atoms with van der Waals surface area (Å²) in [6, 6.07) is 4.30. The zero-order valence-electron chi connectivity index (χ0n) is 10.9. The van der Waals surface area contributed by atoms with Crippen LogP contribution in [0, 0.1) is 12.3 Å². The predicted molar refractivity (Wildman–Crippen MR) is 75.7 cm³/mol. The molecule has 1 atom stereocenters. The van der Waals surface area contributed by atoms with Crippen LogP contribution in [-0.4, -0.2) is 22.9 Å². The fourth-order valence-electron chi connectivity index (χ4n) is 1.51. The van der Waals surface area contributed by atoms with E-state index in [0.29, 0.717) is 6.42 Å². The van der Waals surface area contributed by atoms with E-state index in [-0.39, 0.29) is 22.3 Å². The number of rotatable bonds is 6. The monoisotopic (exact) mass is 316 g/mol. The van der Waals surface area contributed by atoms with Gasteiger partial charge in [0.1, 0.15) is 0 Å². The molecule has 0 saturated carbocycles. The van der Waals surface area contributed by atoms with Crippen LogP contribution < -0.4 is 9.86 Å². The highest BCUT2D eigenvalue weighted by Gasteiger charge is 2.19. The van der Waals surface area contributed by atoms with Gasteiger partial charge >= 0.3 is 0 Å². The number of sulfonamides is 2. The summed E-state index contributed by atoms with van der Waals surface area (Å²) in [6.07, 6.45) is 6.00. The van der Waals surface area contributed by atoms with Gasteiger partial charge in [0.05, 0.1) is 9.79 Å². The Morgan fingerprint density at radius 1 is 1.20 bits per heavy atom. The molecule has 8 heteroatoms. The molecule has 3 N–H and O–H groups in total. The summed E-state index contributed by atoms with van der Waals surface area (Å²) in [5.74, 6) is 2.40. The second kappa shape index (κ2) is 6.37. The maximum Gasteiger partial charge on any atom is 0.240 e. The van der Waals surface area contributed by atoms with Crippen LogP contribution >= 0.6 is 0 Å². The van der Waals surface area contributed by atoms with E-state index in [1.165, 1.54) is 12.1 Å². The fourth-order valence-corrected chi connectivity index (χ4v) is 3.34. The first-order valence-electron chi connectivity index (χ1n) is 5.79. The number of benzene rings is 1. The lowest BCUT2D eigenvalue weighted by Gasteiger charge is -2.14. The molecule has 1 rings (SSSR count). The van der Waals surface area contributed by atoms with Crippen LogP contribution in [0.3, 0.4) is 0 Å². The van der Waals surface area contributed by atoms with Crippen LogP contribution in [0.15, 0.2) is 34.1 Å². The van der Waals surface area contributed by atoms with E-state index in [9.17, 15) is 16.8 Å². The highest BCUT2D eigenvalue weighted by molar-refractivity contribution is 7.89.